The van der Waals surface area contributed by atoms with E-state index >= 15 is 0 Å². The standard InChI is InChI=1S/C12H13N3O3/c1-3-8-4-10(16)15(7-8)12-13-5-9(6-14-12)11(17)18-2/h3,5-6,8H,1,4,7H2,2H3. The van der Waals surface area contributed by atoms with Crippen molar-refractivity contribution < 1.29 is 14.3 Å². The molecule has 0 saturated carbocycles. The van der Waals surface area contributed by atoms with Crippen LogP contribution in [0, 0.1) is 5.92 Å². The van der Waals surface area contributed by atoms with Crippen molar-refractivity contribution in [3.63, 3.8) is 0 Å². The summed E-state index contributed by atoms with van der Waals surface area (Å²) >= 11 is 0. The van der Waals surface area contributed by atoms with Crippen molar-refractivity contribution >= 4 is 17.8 Å². The Bertz CT molecular complexity index is 484. The fourth-order valence-corrected chi connectivity index (χ4v) is 1.77. The molecule has 0 aromatic carbocycles. The van der Waals surface area contributed by atoms with Gasteiger partial charge in [-0.15, -0.1) is 6.58 Å². The van der Waals surface area contributed by atoms with E-state index in [9.17, 15) is 9.59 Å². The molecule has 94 valence electrons. The van der Waals surface area contributed by atoms with E-state index in [1.165, 1.54) is 24.4 Å². The van der Waals surface area contributed by atoms with Gasteiger partial charge < -0.3 is 4.74 Å². The third-order valence-electron chi connectivity index (χ3n) is 2.79. The molecule has 2 heterocycles. The number of methoxy groups -OCH3 is 1. The zero-order valence-corrected chi connectivity index (χ0v) is 10.00. The van der Waals surface area contributed by atoms with Gasteiger partial charge >= 0.3 is 5.97 Å². The first-order valence-electron chi connectivity index (χ1n) is 5.49. The number of amides is 1. The lowest BCUT2D eigenvalue weighted by Crippen LogP contribution is -2.26. The smallest absolute Gasteiger partial charge is 0.341 e. The Morgan fingerprint density at radius 2 is 2.22 bits per heavy atom. The second-order valence-corrected chi connectivity index (χ2v) is 3.97. The number of carbonyl (C=O) groups is 2. The molecule has 1 aromatic rings. The molecule has 1 aliphatic rings. The van der Waals surface area contributed by atoms with Gasteiger partial charge in [0.2, 0.25) is 11.9 Å². The Hall–Kier alpha value is -2.24. The SMILES string of the molecule is C=CC1CC(=O)N(c2ncc(C(=O)OC)cn2)C1. The fraction of sp³-hybridized carbons (Fsp3) is 0.333. The van der Waals surface area contributed by atoms with Crippen molar-refractivity contribution in [1.29, 1.82) is 0 Å². The highest BCUT2D eigenvalue weighted by atomic mass is 16.5. The third kappa shape index (κ3) is 2.22. The first-order valence-corrected chi connectivity index (χ1v) is 5.49. The zero-order chi connectivity index (χ0) is 13.1. The summed E-state index contributed by atoms with van der Waals surface area (Å²) in [6.07, 6.45) is 4.87. The number of ether oxygens (including phenoxy) is 1. The van der Waals surface area contributed by atoms with Crippen LogP contribution in [-0.4, -0.2) is 35.5 Å². The van der Waals surface area contributed by atoms with E-state index in [1.807, 2.05) is 0 Å². The summed E-state index contributed by atoms with van der Waals surface area (Å²) in [6.45, 7) is 4.20. The first kappa shape index (κ1) is 12.2. The minimum atomic E-state index is -0.502. The summed E-state index contributed by atoms with van der Waals surface area (Å²) in [7, 11) is 1.29. The van der Waals surface area contributed by atoms with Gasteiger partial charge in [0.1, 0.15) is 0 Å². The third-order valence-corrected chi connectivity index (χ3v) is 2.79. The molecule has 1 unspecified atom stereocenters. The fourth-order valence-electron chi connectivity index (χ4n) is 1.77. The lowest BCUT2D eigenvalue weighted by atomic mass is 10.1. The van der Waals surface area contributed by atoms with Crippen LogP contribution in [0.2, 0.25) is 0 Å². The Labute approximate surface area is 104 Å². The topological polar surface area (TPSA) is 72.4 Å². The first-order chi connectivity index (χ1) is 8.65. The average molecular weight is 247 g/mol. The Morgan fingerprint density at radius 3 is 2.72 bits per heavy atom. The normalized spacial score (nSPS) is 18.8. The van der Waals surface area contributed by atoms with Crippen LogP contribution >= 0.6 is 0 Å². The monoisotopic (exact) mass is 247 g/mol. The molecule has 2 rings (SSSR count). The van der Waals surface area contributed by atoms with E-state index in [0.717, 1.165) is 0 Å². The summed E-state index contributed by atoms with van der Waals surface area (Å²) in [5, 5.41) is 0. The Balaban J connectivity index is 2.17. The molecule has 1 aromatic heterocycles. The van der Waals surface area contributed by atoms with E-state index < -0.39 is 5.97 Å². The number of hydrogen-bond donors (Lipinski definition) is 0. The molecule has 1 amide bonds. The van der Waals surface area contributed by atoms with E-state index in [0.29, 0.717) is 18.9 Å². The van der Waals surface area contributed by atoms with Crippen molar-refractivity contribution in [3.05, 3.63) is 30.6 Å². The quantitative estimate of drug-likeness (QED) is 0.583. The molecule has 1 saturated heterocycles. The van der Waals surface area contributed by atoms with E-state index in [-0.39, 0.29) is 17.4 Å². The average Bonchev–Trinajstić information content (AvgIpc) is 2.79. The van der Waals surface area contributed by atoms with Gasteiger partial charge in [0.05, 0.1) is 12.7 Å². The maximum Gasteiger partial charge on any atom is 0.341 e. The van der Waals surface area contributed by atoms with Gasteiger partial charge in [-0.25, -0.2) is 14.8 Å². The second kappa shape index (κ2) is 4.95. The van der Waals surface area contributed by atoms with E-state index in [1.54, 1.807) is 6.08 Å². The summed E-state index contributed by atoms with van der Waals surface area (Å²) in [5.41, 5.74) is 0.258. The van der Waals surface area contributed by atoms with Crippen LogP contribution in [-0.2, 0) is 9.53 Å². The molecule has 1 atom stereocenters. The van der Waals surface area contributed by atoms with Crippen molar-refractivity contribution in [3.8, 4) is 0 Å². The number of hydrogen-bond acceptors (Lipinski definition) is 5. The lowest BCUT2D eigenvalue weighted by Gasteiger charge is -2.13. The number of carbonyl (C=O) groups excluding carboxylic acids is 2. The maximum absolute atomic E-state index is 11.7. The van der Waals surface area contributed by atoms with Crippen LogP contribution in [0.3, 0.4) is 0 Å². The maximum atomic E-state index is 11.7. The van der Waals surface area contributed by atoms with Gasteiger partial charge in [0.25, 0.3) is 0 Å². The molecule has 0 spiro atoms. The van der Waals surface area contributed by atoms with Gasteiger partial charge in [-0.3, -0.25) is 9.69 Å². The largest absolute Gasteiger partial charge is 0.465 e. The number of esters is 1. The summed E-state index contributed by atoms with van der Waals surface area (Å²) < 4.78 is 4.54. The minimum absolute atomic E-state index is 0.0364. The van der Waals surface area contributed by atoms with Crippen molar-refractivity contribution in [2.24, 2.45) is 5.92 Å². The van der Waals surface area contributed by atoms with Crippen molar-refractivity contribution in [2.75, 3.05) is 18.6 Å². The molecular weight excluding hydrogens is 234 g/mol. The predicted molar refractivity (Wildman–Crippen MR) is 64.0 cm³/mol. The molecule has 0 N–H and O–H groups in total. The highest BCUT2D eigenvalue weighted by Gasteiger charge is 2.30. The minimum Gasteiger partial charge on any atom is -0.465 e. The van der Waals surface area contributed by atoms with Gasteiger partial charge in [-0.1, -0.05) is 6.08 Å². The summed E-state index contributed by atoms with van der Waals surface area (Å²) in [4.78, 5) is 32.4. The predicted octanol–water partition coefficient (Wildman–Crippen LogP) is 0.802. The second-order valence-electron chi connectivity index (χ2n) is 3.97. The molecule has 0 radical (unpaired) electrons. The van der Waals surface area contributed by atoms with Crippen molar-refractivity contribution in [1.82, 2.24) is 9.97 Å². The van der Waals surface area contributed by atoms with E-state index in [4.69, 9.17) is 0 Å². The van der Waals surface area contributed by atoms with Crippen LogP contribution < -0.4 is 4.90 Å². The lowest BCUT2D eigenvalue weighted by molar-refractivity contribution is -0.117. The molecule has 6 nitrogen and oxygen atoms in total. The molecule has 0 aliphatic carbocycles. The van der Waals surface area contributed by atoms with Crippen LogP contribution in [0.25, 0.3) is 0 Å². The molecule has 6 heteroatoms. The summed E-state index contributed by atoms with van der Waals surface area (Å²) in [5.74, 6) is -0.109. The number of aromatic nitrogens is 2. The van der Waals surface area contributed by atoms with Gasteiger partial charge in [0, 0.05) is 31.3 Å². The molecule has 1 aliphatic heterocycles. The van der Waals surface area contributed by atoms with Crippen LogP contribution in [0.5, 0.6) is 0 Å². The van der Waals surface area contributed by atoms with Gasteiger partial charge in [-0.2, -0.15) is 0 Å². The molecule has 0 bridgehead atoms. The molecular formula is C12H13N3O3. The Kier molecular flexibility index (Phi) is 3.36. The highest BCUT2D eigenvalue weighted by molar-refractivity contribution is 5.94. The number of rotatable bonds is 3. The van der Waals surface area contributed by atoms with Crippen LogP contribution in [0.15, 0.2) is 25.0 Å². The highest BCUT2D eigenvalue weighted by Crippen LogP contribution is 2.22. The zero-order valence-electron chi connectivity index (χ0n) is 10.00. The van der Waals surface area contributed by atoms with Crippen LogP contribution in [0.1, 0.15) is 16.8 Å². The van der Waals surface area contributed by atoms with Gasteiger partial charge in [-0.05, 0) is 0 Å². The van der Waals surface area contributed by atoms with E-state index in [2.05, 4.69) is 21.3 Å². The number of anilines is 1. The summed E-state index contributed by atoms with van der Waals surface area (Å²) in [6, 6.07) is 0. The Morgan fingerprint density at radius 1 is 1.56 bits per heavy atom. The molecule has 1 fully saturated rings. The van der Waals surface area contributed by atoms with Gasteiger partial charge in [0.15, 0.2) is 0 Å². The van der Waals surface area contributed by atoms with Crippen LogP contribution in [0.4, 0.5) is 5.95 Å². The van der Waals surface area contributed by atoms with Crippen molar-refractivity contribution in [2.45, 2.75) is 6.42 Å². The number of nitrogens with zero attached hydrogens (tertiary/aromatic N) is 3. The molecule has 18 heavy (non-hydrogen) atoms.